The Morgan fingerprint density at radius 1 is 1.17 bits per heavy atom. The summed E-state index contributed by atoms with van der Waals surface area (Å²) in [5, 5.41) is 0. The highest BCUT2D eigenvalue weighted by Gasteiger charge is 2.52. The lowest BCUT2D eigenvalue weighted by Gasteiger charge is -2.04. The van der Waals surface area contributed by atoms with Crippen LogP contribution in [-0.2, 0) is 0 Å². The zero-order valence-electron chi connectivity index (χ0n) is 4.15. The van der Waals surface area contributed by atoms with Gasteiger partial charge in [-0.05, 0) is 30.6 Å². The molecular weight excluding hydrogens is 72.1 g/mol. The Balaban J connectivity index is 2.11. The van der Waals surface area contributed by atoms with Crippen LogP contribution in [0.3, 0.4) is 0 Å². The van der Waals surface area contributed by atoms with Crippen LogP contribution >= 0.6 is 0 Å². The van der Waals surface area contributed by atoms with Crippen molar-refractivity contribution in [3.63, 3.8) is 0 Å². The van der Waals surface area contributed by atoms with Gasteiger partial charge in [0.15, 0.2) is 0 Å². The lowest BCUT2D eigenvalue weighted by atomic mass is 10.0. The Hall–Kier alpha value is 0. The molecule has 0 radical (unpaired) electrons. The Labute approximate surface area is 38.6 Å². The van der Waals surface area contributed by atoms with Gasteiger partial charge < -0.3 is 0 Å². The molecule has 0 aromatic carbocycles. The number of hydrogen-bond donors (Lipinski definition) is 0. The van der Waals surface area contributed by atoms with E-state index in [1.165, 1.54) is 11.8 Å². The van der Waals surface area contributed by atoms with Crippen molar-refractivity contribution in [3.8, 4) is 0 Å². The predicted molar refractivity (Wildman–Crippen MR) is 25.4 cm³/mol. The molecular formula is C6H10. The number of hydrogen-bond acceptors (Lipinski definition) is 0. The Bertz CT molecular complexity index is 59.4. The molecule has 2 unspecified atom stereocenters. The molecule has 2 aliphatic rings. The molecule has 2 fully saturated rings. The molecule has 0 N–H and O–H groups in total. The van der Waals surface area contributed by atoms with Crippen LogP contribution in [0.4, 0.5) is 0 Å². The molecule has 0 saturated heterocycles. The third-order valence-electron chi connectivity index (χ3n) is 2.59. The first-order chi connectivity index (χ1) is 2.89. The summed E-state index contributed by atoms with van der Waals surface area (Å²) in [7, 11) is 0. The molecule has 2 saturated carbocycles. The molecule has 3 atom stereocenters. The van der Waals surface area contributed by atoms with Crippen molar-refractivity contribution in [2.45, 2.75) is 19.8 Å². The average Bonchev–Trinajstić information content (AvgIpc) is 1.63. The van der Waals surface area contributed by atoms with Gasteiger partial charge in [-0.2, -0.15) is 0 Å². The van der Waals surface area contributed by atoms with Crippen LogP contribution < -0.4 is 0 Å². The van der Waals surface area contributed by atoms with Gasteiger partial charge in [0.2, 0.25) is 0 Å². The quantitative estimate of drug-likeness (QED) is 0.417. The van der Waals surface area contributed by atoms with E-state index in [0.717, 1.165) is 5.92 Å². The number of rotatable bonds is 0. The zero-order chi connectivity index (χ0) is 4.15. The second kappa shape index (κ2) is 0.661. The van der Waals surface area contributed by atoms with E-state index in [2.05, 4.69) is 6.92 Å². The minimum absolute atomic E-state index is 1.13. The summed E-state index contributed by atoms with van der Waals surface area (Å²) in [5.74, 6) is 3.53. The van der Waals surface area contributed by atoms with Crippen LogP contribution in [0.2, 0.25) is 0 Å². The fourth-order valence-electron chi connectivity index (χ4n) is 1.71. The van der Waals surface area contributed by atoms with E-state index in [4.69, 9.17) is 0 Å². The zero-order valence-corrected chi connectivity index (χ0v) is 4.15. The van der Waals surface area contributed by atoms with Crippen molar-refractivity contribution < 1.29 is 0 Å². The summed E-state index contributed by atoms with van der Waals surface area (Å²) in [4.78, 5) is 0. The molecule has 0 aromatic heterocycles. The highest BCUT2D eigenvalue weighted by molar-refractivity contribution is 5.01. The van der Waals surface area contributed by atoms with Gasteiger partial charge in [0.05, 0.1) is 0 Å². The van der Waals surface area contributed by atoms with Crippen molar-refractivity contribution in [1.82, 2.24) is 0 Å². The van der Waals surface area contributed by atoms with Crippen LogP contribution in [0, 0.1) is 17.8 Å². The molecule has 0 nitrogen and oxygen atoms in total. The summed E-state index contributed by atoms with van der Waals surface area (Å²) in [6, 6.07) is 0. The van der Waals surface area contributed by atoms with E-state index in [9.17, 15) is 0 Å². The van der Waals surface area contributed by atoms with Crippen LogP contribution in [0.5, 0.6) is 0 Å². The van der Waals surface area contributed by atoms with Gasteiger partial charge in [0, 0.05) is 0 Å². The molecule has 0 amide bonds. The maximum Gasteiger partial charge on any atom is -0.0355 e. The second-order valence-electron chi connectivity index (χ2n) is 2.76. The van der Waals surface area contributed by atoms with Crippen LogP contribution in [0.25, 0.3) is 0 Å². The lowest BCUT2D eigenvalue weighted by molar-refractivity contribution is 0.468. The fourth-order valence-corrected chi connectivity index (χ4v) is 1.71. The lowest BCUT2D eigenvalue weighted by Crippen LogP contribution is -1.93. The van der Waals surface area contributed by atoms with Crippen LogP contribution in [0.1, 0.15) is 19.8 Å². The van der Waals surface area contributed by atoms with Gasteiger partial charge in [-0.25, -0.2) is 0 Å². The standard InChI is InChI=1S/C6H10/c1-4-5-2-3-6(4)5/h4-6H,2-3H2,1H3/t4?,5-,6?/m1/s1. The summed E-state index contributed by atoms with van der Waals surface area (Å²) >= 11 is 0. The Kier molecular flexibility index (Phi) is 0.337. The van der Waals surface area contributed by atoms with E-state index in [-0.39, 0.29) is 0 Å². The average molecular weight is 82.1 g/mol. The first kappa shape index (κ1) is 3.06. The largest absolute Gasteiger partial charge is 0.0620 e. The molecule has 6 heavy (non-hydrogen) atoms. The maximum absolute atomic E-state index is 2.38. The maximum atomic E-state index is 2.38. The van der Waals surface area contributed by atoms with Crippen molar-refractivity contribution in [3.05, 3.63) is 0 Å². The first-order valence-electron chi connectivity index (χ1n) is 2.89. The van der Waals surface area contributed by atoms with Gasteiger partial charge in [-0.1, -0.05) is 6.92 Å². The van der Waals surface area contributed by atoms with Crippen molar-refractivity contribution >= 4 is 0 Å². The van der Waals surface area contributed by atoms with Gasteiger partial charge in [0.25, 0.3) is 0 Å². The van der Waals surface area contributed by atoms with Crippen molar-refractivity contribution in [1.29, 1.82) is 0 Å². The first-order valence-corrected chi connectivity index (χ1v) is 2.89. The molecule has 0 bridgehead atoms. The molecule has 0 heteroatoms. The van der Waals surface area contributed by atoms with E-state index in [0.29, 0.717) is 0 Å². The molecule has 0 heterocycles. The normalized spacial score (nSPS) is 62.5. The molecule has 0 aromatic rings. The van der Waals surface area contributed by atoms with Crippen molar-refractivity contribution in [2.24, 2.45) is 17.8 Å². The summed E-state index contributed by atoms with van der Waals surface area (Å²) in [6.07, 6.45) is 3.09. The SMILES string of the molecule is CC1C2CC[C@H]12. The highest BCUT2D eigenvalue weighted by Crippen LogP contribution is 2.60. The Morgan fingerprint density at radius 2 is 1.67 bits per heavy atom. The summed E-state index contributed by atoms with van der Waals surface area (Å²) in [6.45, 7) is 2.38. The third kappa shape index (κ3) is 0.160. The highest BCUT2D eigenvalue weighted by atomic mass is 14.6. The van der Waals surface area contributed by atoms with Gasteiger partial charge in [0.1, 0.15) is 0 Å². The summed E-state index contributed by atoms with van der Waals surface area (Å²) in [5.41, 5.74) is 0. The third-order valence-corrected chi connectivity index (χ3v) is 2.59. The molecule has 0 aliphatic heterocycles. The topological polar surface area (TPSA) is 0 Å². The minimum Gasteiger partial charge on any atom is -0.0620 e. The molecule has 0 spiro atoms. The molecule has 2 rings (SSSR count). The van der Waals surface area contributed by atoms with Crippen LogP contribution in [-0.4, -0.2) is 0 Å². The van der Waals surface area contributed by atoms with E-state index < -0.39 is 0 Å². The summed E-state index contributed by atoms with van der Waals surface area (Å²) < 4.78 is 0. The molecule has 34 valence electrons. The smallest absolute Gasteiger partial charge is 0.0355 e. The van der Waals surface area contributed by atoms with E-state index in [1.807, 2.05) is 0 Å². The Morgan fingerprint density at radius 3 is 1.67 bits per heavy atom. The fraction of sp³-hybridized carbons (Fsp3) is 1.00. The number of fused-ring (bicyclic) bond motifs is 1. The predicted octanol–water partition coefficient (Wildman–Crippen LogP) is 1.66. The van der Waals surface area contributed by atoms with Crippen LogP contribution in [0.15, 0.2) is 0 Å². The minimum atomic E-state index is 1.13. The van der Waals surface area contributed by atoms with Gasteiger partial charge in [-0.3, -0.25) is 0 Å². The second-order valence-corrected chi connectivity index (χ2v) is 2.76. The van der Waals surface area contributed by atoms with Gasteiger partial charge >= 0.3 is 0 Å². The van der Waals surface area contributed by atoms with E-state index in [1.54, 1.807) is 12.8 Å². The van der Waals surface area contributed by atoms with E-state index >= 15 is 0 Å². The van der Waals surface area contributed by atoms with Gasteiger partial charge in [-0.15, -0.1) is 0 Å². The molecule has 2 aliphatic carbocycles. The van der Waals surface area contributed by atoms with Crippen molar-refractivity contribution in [2.75, 3.05) is 0 Å². The monoisotopic (exact) mass is 82.1 g/mol.